The molecule has 3 rings (SSSR count). The van der Waals surface area contributed by atoms with Gasteiger partial charge in [-0.25, -0.2) is 10.3 Å². The van der Waals surface area contributed by atoms with Gasteiger partial charge in [-0.3, -0.25) is 14.8 Å². The number of likely N-dealkylation sites (tertiary alicyclic amines) is 2. The van der Waals surface area contributed by atoms with Crippen LogP contribution in [0.5, 0.6) is 0 Å². The fourth-order valence-electron chi connectivity index (χ4n) is 4.46. The minimum atomic E-state index is -0.826. The first kappa shape index (κ1) is 23.0. The predicted molar refractivity (Wildman–Crippen MR) is 111 cm³/mol. The summed E-state index contributed by atoms with van der Waals surface area (Å²) in [5.41, 5.74) is 2.94. The van der Waals surface area contributed by atoms with Gasteiger partial charge < -0.3 is 19.3 Å². The Hall–Kier alpha value is -2.65. The van der Waals surface area contributed by atoms with Crippen molar-refractivity contribution in [3.05, 3.63) is 35.9 Å². The third-order valence-corrected chi connectivity index (χ3v) is 6.23. The first-order valence-corrected chi connectivity index (χ1v) is 10.7. The van der Waals surface area contributed by atoms with Crippen LogP contribution in [-0.2, 0) is 19.1 Å². The van der Waals surface area contributed by atoms with E-state index in [9.17, 15) is 19.6 Å². The van der Waals surface area contributed by atoms with Gasteiger partial charge in [-0.15, -0.1) is 0 Å². The molecule has 170 valence electrons. The molecule has 9 heteroatoms. The van der Waals surface area contributed by atoms with E-state index in [2.05, 4.69) is 12.1 Å². The highest BCUT2D eigenvalue weighted by Crippen LogP contribution is 2.31. The van der Waals surface area contributed by atoms with Crippen molar-refractivity contribution >= 4 is 17.9 Å². The molecule has 2 aliphatic heterocycles. The van der Waals surface area contributed by atoms with Crippen molar-refractivity contribution in [1.82, 2.24) is 15.3 Å². The minimum Gasteiger partial charge on any atom is -0.447 e. The average molecular weight is 434 g/mol. The van der Waals surface area contributed by atoms with Crippen molar-refractivity contribution in [3.63, 3.8) is 0 Å². The highest BCUT2D eigenvalue weighted by molar-refractivity contribution is 5.88. The molecule has 2 N–H and O–H groups in total. The number of methoxy groups -OCH3 is 1. The normalized spacial score (nSPS) is 22.1. The maximum absolute atomic E-state index is 13.2. The molecule has 2 atom stereocenters. The summed E-state index contributed by atoms with van der Waals surface area (Å²) in [4.78, 5) is 41.0. The molecule has 1 aromatic rings. The zero-order chi connectivity index (χ0) is 22.2. The number of benzene rings is 1. The molecule has 3 amide bonds. The van der Waals surface area contributed by atoms with Crippen LogP contribution in [0.15, 0.2) is 30.3 Å². The summed E-state index contributed by atoms with van der Waals surface area (Å²) in [5, 5.41) is 9.18. The molecule has 0 unspecified atom stereocenters. The number of rotatable bonds is 6. The van der Waals surface area contributed by atoms with E-state index >= 15 is 0 Å². The van der Waals surface area contributed by atoms with Crippen molar-refractivity contribution in [2.75, 3.05) is 46.5 Å². The zero-order valence-corrected chi connectivity index (χ0v) is 17.9. The Kier molecular flexibility index (Phi) is 8.25. The lowest BCUT2D eigenvalue weighted by Crippen LogP contribution is -2.54. The van der Waals surface area contributed by atoms with Gasteiger partial charge in [0.2, 0.25) is 11.8 Å². The molecule has 0 bridgehead atoms. The van der Waals surface area contributed by atoms with E-state index in [1.54, 1.807) is 5.48 Å². The number of carbonyl (C=O) groups is 3. The van der Waals surface area contributed by atoms with Crippen LogP contribution in [0.2, 0.25) is 0 Å². The standard InChI is InChI=1S/C22H31N3O6/c1-30-13-14-31-22(28)25-12-9-18(19(15-25)20(26)23-29)21(27)24-10-7-17(8-11-24)16-5-3-2-4-6-16/h2-6,17-19,29H,7-15H2,1H3,(H,23,26)/t18-,19-/m0/s1. The molecule has 2 saturated heterocycles. The number of hydrogen-bond donors (Lipinski definition) is 2. The van der Waals surface area contributed by atoms with Crippen molar-refractivity contribution in [2.24, 2.45) is 11.8 Å². The van der Waals surface area contributed by atoms with Crippen molar-refractivity contribution in [2.45, 2.75) is 25.2 Å². The Morgan fingerprint density at radius 2 is 1.68 bits per heavy atom. The van der Waals surface area contributed by atoms with Crippen molar-refractivity contribution in [1.29, 1.82) is 0 Å². The number of nitrogens with zero attached hydrogens (tertiary/aromatic N) is 2. The van der Waals surface area contributed by atoms with E-state index in [4.69, 9.17) is 9.47 Å². The molecular formula is C22H31N3O6. The summed E-state index contributed by atoms with van der Waals surface area (Å²) >= 11 is 0. The summed E-state index contributed by atoms with van der Waals surface area (Å²) in [7, 11) is 1.51. The Labute approximate surface area is 182 Å². The van der Waals surface area contributed by atoms with Crippen LogP contribution >= 0.6 is 0 Å². The fourth-order valence-corrected chi connectivity index (χ4v) is 4.46. The Morgan fingerprint density at radius 3 is 2.32 bits per heavy atom. The van der Waals surface area contributed by atoms with Crippen molar-refractivity contribution < 1.29 is 29.1 Å². The van der Waals surface area contributed by atoms with E-state index in [1.807, 2.05) is 23.1 Å². The maximum Gasteiger partial charge on any atom is 0.409 e. The molecule has 2 aliphatic rings. The number of hydroxylamine groups is 1. The number of piperidine rings is 2. The summed E-state index contributed by atoms with van der Waals surface area (Å²) in [5.74, 6) is -1.73. The van der Waals surface area contributed by atoms with Crippen LogP contribution in [0.1, 0.15) is 30.7 Å². The SMILES string of the molecule is COCCOC(=O)N1CC[C@H](C(=O)N2CCC(c3ccccc3)CC2)[C@@H](C(=O)NO)C1. The molecule has 2 heterocycles. The third kappa shape index (κ3) is 5.74. The molecule has 31 heavy (non-hydrogen) atoms. The highest BCUT2D eigenvalue weighted by atomic mass is 16.6. The van der Waals surface area contributed by atoms with Gasteiger partial charge in [0.1, 0.15) is 6.61 Å². The molecule has 0 aliphatic carbocycles. The molecular weight excluding hydrogens is 402 g/mol. The second-order valence-corrected chi connectivity index (χ2v) is 8.04. The minimum absolute atomic E-state index is 0.0229. The zero-order valence-electron chi connectivity index (χ0n) is 17.9. The molecule has 1 aromatic carbocycles. The lowest BCUT2D eigenvalue weighted by Gasteiger charge is -2.40. The highest BCUT2D eigenvalue weighted by Gasteiger charge is 2.42. The maximum atomic E-state index is 13.2. The third-order valence-electron chi connectivity index (χ3n) is 6.23. The molecule has 0 spiro atoms. The first-order valence-electron chi connectivity index (χ1n) is 10.7. The molecule has 0 radical (unpaired) electrons. The quantitative estimate of drug-likeness (QED) is 0.401. The van der Waals surface area contributed by atoms with Crippen LogP contribution in [0.3, 0.4) is 0 Å². The van der Waals surface area contributed by atoms with Crippen LogP contribution < -0.4 is 5.48 Å². The lowest BCUT2D eigenvalue weighted by molar-refractivity contribution is -0.148. The predicted octanol–water partition coefficient (Wildman–Crippen LogP) is 1.62. The Morgan fingerprint density at radius 1 is 1.00 bits per heavy atom. The van der Waals surface area contributed by atoms with Crippen molar-refractivity contribution in [3.8, 4) is 0 Å². The summed E-state index contributed by atoms with van der Waals surface area (Å²) in [6.45, 7) is 1.99. The van der Waals surface area contributed by atoms with E-state index in [0.717, 1.165) is 12.8 Å². The van der Waals surface area contributed by atoms with E-state index in [-0.39, 0.29) is 25.7 Å². The second kappa shape index (κ2) is 11.1. The number of amides is 3. The molecule has 0 aromatic heterocycles. The van der Waals surface area contributed by atoms with Crippen LogP contribution in [0, 0.1) is 11.8 Å². The van der Waals surface area contributed by atoms with Gasteiger partial charge in [0.15, 0.2) is 0 Å². The monoisotopic (exact) mass is 433 g/mol. The van der Waals surface area contributed by atoms with Gasteiger partial charge in [-0.05, 0) is 30.7 Å². The van der Waals surface area contributed by atoms with Crippen LogP contribution in [-0.4, -0.2) is 79.4 Å². The first-order chi connectivity index (χ1) is 15.0. The van der Waals surface area contributed by atoms with Gasteiger partial charge >= 0.3 is 6.09 Å². The number of nitrogens with one attached hydrogen (secondary N) is 1. The Balaban J connectivity index is 1.59. The van der Waals surface area contributed by atoms with E-state index in [0.29, 0.717) is 32.0 Å². The van der Waals surface area contributed by atoms with Crippen LogP contribution in [0.4, 0.5) is 4.79 Å². The topological polar surface area (TPSA) is 108 Å². The smallest absolute Gasteiger partial charge is 0.409 e. The van der Waals surface area contributed by atoms with Gasteiger partial charge in [-0.1, -0.05) is 30.3 Å². The van der Waals surface area contributed by atoms with E-state index in [1.165, 1.54) is 17.6 Å². The summed E-state index contributed by atoms with van der Waals surface area (Å²) in [6.07, 6.45) is 1.53. The van der Waals surface area contributed by atoms with Gasteiger partial charge in [0, 0.05) is 33.3 Å². The Bertz CT molecular complexity index is 751. The van der Waals surface area contributed by atoms with Crippen LogP contribution in [0.25, 0.3) is 0 Å². The van der Waals surface area contributed by atoms with Gasteiger partial charge in [0.25, 0.3) is 0 Å². The largest absolute Gasteiger partial charge is 0.447 e. The molecule has 9 nitrogen and oxygen atoms in total. The van der Waals surface area contributed by atoms with E-state index < -0.39 is 23.8 Å². The molecule has 0 saturated carbocycles. The fraction of sp³-hybridized carbons (Fsp3) is 0.591. The lowest BCUT2D eigenvalue weighted by atomic mass is 9.82. The molecule has 2 fully saturated rings. The van der Waals surface area contributed by atoms with Gasteiger partial charge in [-0.2, -0.15) is 0 Å². The number of hydrogen-bond acceptors (Lipinski definition) is 6. The second-order valence-electron chi connectivity index (χ2n) is 8.04. The number of ether oxygens (including phenoxy) is 2. The average Bonchev–Trinajstić information content (AvgIpc) is 2.83. The number of carbonyl (C=O) groups excluding carboxylic acids is 3. The summed E-state index contributed by atoms with van der Waals surface area (Å²) < 4.78 is 9.99. The van der Waals surface area contributed by atoms with Gasteiger partial charge in [0.05, 0.1) is 18.4 Å². The summed E-state index contributed by atoms with van der Waals surface area (Å²) in [6, 6.07) is 10.3.